The molecule has 7 nitrogen and oxygen atoms in total. The van der Waals surface area contributed by atoms with Crippen molar-refractivity contribution < 1.29 is 9.53 Å². The van der Waals surface area contributed by atoms with Gasteiger partial charge < -0.3 is 15.0 Å². The van der Waals surface area contributed by atoms with Crippen molar-refractivity contribution in [1.29, 1.82) is 0 Å². The molecule has 144 valence electrons. The van der Waals surface area contributed by atoms with Crippen LogP contribution in [0.15, 0.2) is 35.5 Å². The molecule has 4 rings (SSSR count). The second kappa shape index (κ2) is 8.31. The van der Waals surface area contributed by atoms with Gasteiger partial charge in [0, 0.05) is 19.1 Å². The van der Waals surface area contributed by atoms with Crippen LogP contribution < -0.4 is 10.2 Å². The molecule has 1 unspecified atom stereocenters. The fourth-order valence-electron chi connectivity index (χ4n) is 3.24. The van der Waals surface area contributed by atoms with E-state index in [1.165, 1.54) is 11.8 Å². The third kappa shape index (κ3) is 4.44. The third-order valence-electron chi connectivity index (χ3n) is 4.86. The summed E-state index contributed by atoms with van der Waals surface area (Å²) in [5.74, 6) is 1.27. The summed E-state index contributed by atoms with van der Waals surface area (Å²) in [7, 11) is 0. The molecule has 1 saturated heterocycles. The lowest BCUT2D eigenvalue weighted by atomic mass is 10.1. The first-order chi connectivity index (χ1) is 13.2. The number of nitrogens with zero attached hydrogens (tertiary/aromatic N) is 4. The van der Waals surface area contributed by atoms with Crippen molar-refractivity contribution >= 4 is 23.6 Å². The normalized spacial score (nSPS) is 18.3. The van der Waals surface area contributed by atoms with Gasteiger partial charge in [-0.2, -0.15) is 0 Å². The van der Waals surface area contributed by atoms with Gasteiger partial charge in [0.2, 0.25) is 11.9 Å². The van der Waals surface area contributed by atoms with Gasteiger partial charge in [0.05, 0.1) is 25.0 Å². The second-order valence-corrected chi connectivity index (χ2v) is 7.91. The van der Waals surface area contributed by atoms with Crippen LogP contribution in [0.3, 0.4) is 0 Å². The van der Waals surface area contributed by atoms with Crippen LogP contribution in [0.25, 0.3) is 0 Å². The van der Waals surface area contributed by atoms with Crippen LogP contribution in [0, 0.1) is 0 Å². The van der Waals surface area contributed by atoms with E-state index in [2.05, 4.69) is 25.0 Å². The Hall–Kier alpha value is -2.06. The maximum atomic E-state index is 12.4. The Morgan fingerprint density at radius 2 is 2.00 bits per heavy atom. The highest BCUT2D eigenvalue weighted by Crippen LogP contribution is 2.41. The largest absolute Gasteiger partial charge is 0.378 e. The van der Waals surface area contributed by atoms with Crippen molar-refractivity contribution in [2.24, 2.45) is 0 Å². The highest BCUT2D eigenvalue weighted by molar-refractivity contribution is 7.99. The zero-order valence-electron chi connectivity index (χ0n) is 15.5. The number of carbonyl (C=O) groups is 1. The number of carbonyl (C=O) groups excluding carboxylic acids is 1. The quantitative estimate of drug-likeness (QED) is 0.736. The molecule has 27 heavy (non-hydrogen) atoms. The van der Waals surface area contributed by atoms with E-state index >= 15 is 0 Å². The van der Waals surface area contributed by atoms with E-state index in [0.717, 1.165) is 55.8 Å². The fourth-order valence-corrected chi connectivity index (χ4v) is 4.05. The number of aromatic nitrogens is 3. The first kappa shape index (κ1) is 18.3. The van der Waals surface area contributed by atoms with Crippen molar-refractivity contribution in [3.05, 3.63) is 35.9 Å². The zero-order chi connectivity index (χ0) is 18.6. The smallest absolute Gasteiger partial charge is 0.230 e. The van der Waals surface area contributed by atoms with Crippen LogP contribution >= 0.6 is 11.8 Å². The van der Waals surface area contributed by atoms with Gasteiger partial charge in [-0.1, -0.05) is 42.1 Å². The van der Waals surface area contributed by atoms with Crippen molar-refractivity contribution in [3.63, 3.8) is 0 Å². The Labute approximate surface area is 163 Å². The monoisotopic (exact) mass is 387 g/mol. The van der Waals surface area contributed by atoms with Crippen LogP contribution in [-0.2, 0) is 9.53 Å². The molecule has 0 spiro atoms. The number of anilines is 1. The summed E-state index contributed by atoms with van der Waals surface area (Å²) < 4.78 is 7.65. The first-order valence-electron chi connectivity index (χ1n) is 9.47. The summed E-state index contributed by atoms with van der Waals surface area (Å²) in [6.45, 7) is 5.12. The molecular weight excluding hydrogens is 362 g/mol. The van der Waals surface area contributed by atoms with Crippen molar-refractivity contribution in [3.8, 4) is 0 Å². The van der Waals surface area contributed by atoms with Gasteiger partial charge in [0.25, 0.3) is 0 Å². The molecular formula is C19H25N5O2S. The first-order valence-corrected chi connectivity index (χ1v) is 10.5. The van der Waals surface area contributed by atoms with Gasteiger partial charge in [0.15, 0.2) is 5.16 Å². The Morgan fingerprint density at radius 3 is 2.70 bits per heavy atom. The SMILES string of the molecule is CC(NC(=O)CSc1nnc(N2CCOCC2)n1C1CC1)c1ccccc1. The van der Waals surface area contributed by atoms with Crippen molar-refractivity contribution in [2.75, 3.05) is 37.0 Å². The van der Waals surface area contributed by atoms with E-state index in [1.54, 1.807) is 0 Å². The van der Waals surface area contributed by atoms with E-state index in [0.29, 0.717) is 11.8 Å². The Bertz CT molecular complexity index is 772. The Morgan fingerprint density at radius 1 is 1.26 bits per heavy atom. The molecule has 2 fully saturated rings. The van der Waals surface area contributed by atoms with Gasteiger partial charge in [-0.3, -0.25) is 9.36 Å². The van der Waals surface area contributed by atoms with Gasteiger partial charge in [-0.15, -0.1) is 10.2 Å². The lowest BCUT2D eigenvalue weighted by Crippen LogP contribution is -2.38. The summed E-state index contributed by atoms with van der Waals surface area (Å²) in [5, 5.41) is 12.7. The predicted octanol–water partition coefficient (Wildman–Crippen LogP) is 2.42. The average Bonchev–Trinajstić information content (AvgIpc) is 3.46. The number of benzene rings is 1. The number of nitrogens with one attached hydrogen (secondary N) is 1. The summed E-state index contributed by atoms with van der Waals surface area (Å²) in [5.41, 5.74) is 1.10. The van der Waals surface area contributed by atoms with Crippen molar-refractivity contribution in [1.82, 2.24) is 20.1 Å². The van der Waals surface area contributed by atoms with E-state index in [1.807, 2.05) is 37.3 Å². The van der Waals surface area contributed by atoms with Gasteiger partial charge in [-0.25, -0.2) is 0 Å². The minimum absolute atomic E-state index is 0.00891. The summed E-state index contributed by atoms with van der Waals surface area (Å²) in [6, 6.07) is 10.4. The van der Waals surface area contributed by atoms with E-state index < -0.39 is 0 Å². The molecule has 0 radical (unpaired) electrons. The molecule has 1 amide bonds. The lowest BCUT2D eigenvalue weighted by Gasteiger charge is -2.27. The van der Waals surface area contributed by atoms with Crippen LogP contribution in [0.2, 0.25) is 0 Å². The molecule has 2 aromatic rings. The molecule has 2 aliphatic rings. The maximum Gasteiger partial charge on any atom is 0.230 e. The number of hydrogen-bond donors (Lipinski definition) is 1. The number of thioether (sulfide) groups is 1. The van der Waals surface area contributed by atoms with Gasteiger partial charge in [-0.05, 0) is 25.3 Å². The van der Waals surface area contributed by atoms with E-state index in [-0.39, 0.29) is 11.9 Å². The molecule has 2 heterocycles. The van der Waals surface area contributed by atoms with Crippen LogP contribution in [-0.4, -0.2) is 52.7 Å². The zero-order valence-corrected chi connectivity index (χ0v) is 16.3. The highest BCUT2D eigenvalue weighted by atomic mass is 32.2. The number of morpholine rings is 1. The summed E-state index contributed by atoms with van der Waals surface area (Å²) in [6.07, 6.45) is 2.31. The minimum atomic E-state index is -0.00971. The van der Waals surface area contributed by atoms with Crippen LogP contribution in [0.4, 0.5) is 5.95 Å². The van der Waals surface area contributed by atoms with E-state index in [9.17, 15) is 4.79 Å². The minimum Gasteiger partial charge on any atom is -0.378 e. The number of rotatable bonds is 7. The molecule has 1 N–H and O–H groups in total. The molecule has 1 aliphatic carbocycles. The van der Waals surface area contributed by atoms with Gasteiger partial charge >= 0.3 is 0 Å². The molecule has 0 bridgehead atoms. The number of hydrogen-bond acceptors (Lipinski definition) is 6. The lowest BCUT2D eigenvalue weighted by molar-refractivity contribution is -0.119. The predicted molar refractivity (Wildman–Crippen MR) is 105 cm³/mol. The second-order valence-electron chi connectivity index (χ2n) is 6.97. The van der Waals surface area contributed by atoms with Gasteiger partial charge in [0.1, 0.15) is 0 Å². The standard InChI is InChI=1S/C19H25N5O2S/c1-14(15-5-3-2-4-6-15)20-17(25)13-27-19-22-21-18(24(19)16-7-8-16)23-9-11-26-12-10-23/h2-6,14,16H,7-13H2,1H3,(H,20,25). The van der Waals surface area contributed by atoms with E-state index in [4.69, 9.17) is 4.74 Å². The maximum absolute atomic E-state index is 12.4. The Balaban J connectivity index is 1.38. The molecule has 1 aliphatic heterocycles. The third-order valence-corrected chi connectivity index (χ3v) is 5.80. The summed E-state index contributed by atoms with van der Waals surface area (Å²) >= 11 is 1.46. The van der Waals surface area contributed by atoms with Crippen LogP contribution in [0.5, 0.6) is 0 Å². The average molecular weight is 388 g/mol. The molecule has 8 heteroatoms. The molecule has 1 aromatic carbocycles. The number of ether oxygens (including phenoxy) is 1. The molecule has 1 aromatic heterocycles. The molecule has 1 saturated carbocycles. The number of amides is 1. The molecule has 1 atom stereocenters. The van der Waals surface area contributed by atoms with Crippen molar-refractivity contribution in [2.45, 2.75) is 37.0 Å². The summed E-state index contributed by atoms with van der Waals surface area (Å²) in [4.78, 5) is 14.6. The Kier molecular flexibility index (Phi) is 5.63. The van der Waals surface area contributed by atoms with Crippen LogP contribution in [0.1, 0.15) is 37.4 Å². The fraction of sp³-hybridized carbons (Fsp3) is 0.526. The highest BCUT2D eigenvalue weighted by Gasteiger charge is 2.32. The topological polar surface area (TPSA) is 72.3 Å².